The summed E-state index contributed by atoms with van der Waals surface area (Å²) in [6.45, 7) is 2.31. The number of H-pyrrole nitrogens is 2. The average molecular weight is 274 g/mol. The number of piperidine rings is 1. The summed E-state index contributed by atoms with van der Waals surface area (Å²) in [5.41, 5.74) is 2.32. The number of nitrogens with one attached hydrogen (secondary N) is 4. The van der Waals surface area contributed by atoms with Gasteiger partial charge in [-0.15, -0.1) is 0 Å². The topological polar surface area (TPSA) is 89.8 Å². The summed E-state index contributed by atoms with van der Waals surface area (Å²) in [6.07, 6.45) is 1.80. The fraction of sp³-hybridized carbons (Fsp3) is 0.429. The largest absolute Gasteiger partial charge is 0.352 e. The lowest BCUT2D eigenvalue weighted by Crippen LogP contribution is -2.37. The Morgan fingerprint density at radius 2 is 1.95 bits per heavy atom. The molecule has 0 radical (unpaired) electrons. The number of benzene rings is 1. The fourth-order valence-corrected chi connectivity index (χ4v) is 2.61. The zero-order chi connectivity index (χ0) is 13.9. The highest BCUT2D eigenvalue weighted by Gasteiger charge is 2.20. The van der Waals surface area contributed by atoms with Crippen LogP contribution >= 0.6 is 0 Å². The van der Waals surface area contributed by atoms with Crippen LogP contribution in [0.2, 0.25) is 0 Å². The minimum Gasteiger partial charge on any atom is -0.352 e. The van der Waals surface area contributed by atoms with E-state index in [2.05, 4.69) is 20.6 Å². The maximum Gasteiger partial charge on any atom is 0.323 e. The van der Waals surface area contributed by atoms with Crippen molar-refractivity contribution in [3.63, 3.8) is 0 Å². The van der Waals surface area contributed by atoms with Crippen LogP contribution in [0.4, 0.5) is 0 Å². The molecule has 20 heavy (non-hydrogen) atoms. The number of fused-ring (bicyclic) bond motifs is 1. The third-order valence-electron chi connectivity index (χ3n) is 3.76. The molecule has 1 amide bonds. The van der Waals surface area contributed by atoms with Gasteiger partial charge in [-0.05, 0) is 43.6 Å². The number of aromatic amines is 2. The third kappa shape index (κ3) is 2.75. The van der Waals surface area contributed by atoms with E-state index in [1.54, 1.807) is 0 Å². The van der Waals surface area contributed by atoms with E-state index in [0.717, 1.165) is 42.5 Å². The number of carbonyl (C=O) groups is 1. The normalized spacial score (nSPS) is 16.4. The molecule has 0 bridgehead atoms. The maximum atomic E-state index is 12.0. The average Bonchev–Trinajstić information content (AvgIpc) is 2.85. The summed E-state index contributed by atoms with van der Waals surface area (Å²) in [6, 6.07) is 5.64. The van der Waals surface area contributed by atoms with Gasteiger partial charge in [0.1, 0.15) is 0 Å². The van der Waals surface area contributed by atoms with Gasteiger partial charge in [-0.3, -0.25) is 4.79 Å². The van der Waals surface area contributed by atoms with Crippen molar-refractivity contribution in [3.05, 3.63) is 34.2 Å². The molecule has 2 heterocycles. The van der Waals surface area contributed by atoms with E-state index < -0.39 is 0 Å². The minimum absolute atomic E-state index is 0.118. The van der Waals surface area contributed by atoms with Gasteiger partial charge in [0.25, 0.3) is 0 Å². The van der Waals surface area contributed by atoms with Gasteiger partial charge < -0.3 is 20.6 Å². The standard InChI is InChI=1S/C14H18N4O2/c19-13(10-3-5-15-6-4-10)16-8-9-1-2-11-12(7-9)18-14(20)17-11/h1-2,7,10,15H,3-6,8H2,(H,16,19)(H2,17,18,20). The van der Waals surface area contributed by atoms with Gasteiger partial charge in [-0.2, -0.15) is 0 Å². The Morgan fingerprint density at radius 1 is 1.20 bits per heavy atom. The number of hydrogen-bond donors (Lipinski definition) is 4. The molecule has 1 aliphatic rings. The number of hydrogen-bond acceptors (Lipinski definition) is 3. The summed E-state index contributed by atoms with van der Waals surface area (Å²) >= 11 is 0. The molecule has 4 N–H and O–H groups in total. The predicted octanol–water partition coefficient (Wildman–Crippen LogP) is 0.472. The fourth-order valence-electron chi connectivity index (χ4n) is 2.61. The Kier molecular flexibility index (Phi) is 3.56. The first-order valence-electron chi connectivity index (χ1n) is 6.92. The first kappa shape index (κ1) is 12.9. The van der Waals surface area contributed by atoms with Crippen molar-refractivity contribution in [3.8, 4) is 0 Å². The molecule has 0 spiro atoms. The van der Waals surface area contributed by atoms with Crippen LogP contribution in [-0.4, -0.2) is 29.0 Å². The van der Waals surface area contributed by atoms with Gasteiger partial charge >= 0.3 is 5.69 Å². The molecule has 6 nitrogen and oxygen atoms in total. The Balaban J connectivity index is 1.64. The SMILES string of the molecule is O=C(NCc1ccc2[nH]c(=O)[nH]c2c1)C1CCNCC1. The first-order valence-corrected chi connectivity index (χ1v) is 6.92. The van der Waals surface area contributed by atoms with E-state index in [0.29, 0.717) is 6.54 Å². The lowest BCUT2D eigenvalue weighted by atomic mass is 9.97. The van der Waals surface area contributed by atoms with Crippen LogP contribution in [-0.2, 0) is 11.3 Å². The van der Waals surface area contributed by atoms with E-state index in [1.165, 1.54) is 0 Å². The second kappa shape index (κ2) is 5.50. The lowest BCUT2D eigenvalue weighted by molar-refractivity contribution is -0.125. The van der Waals surface area contributed by atoms with Crippen molar-refractivity contribution in [2.45, 2.75) is 19.4 Å². The number of aromatic nitrogens is 2. The Morgan fingerprint density at radius 3 is 2.75 bits per heavy atom. The second-order valence-electron chi connectivity index (χ2n) is 5.20. The van der Waals surface area contributed by atoms with Crippen LogP contribution in [0, 0.1) is 5.92 Å². The summed E-state index contributed by atoms with van der Waals surface area (Å²) in [7, 11) is 0. The van der Waals surface area contributed by atoms with Crippen molar-refractivity contribution in [2.75, 3.05) is 13.1 Å². The maximum absolute atomic E-state index is 12.0. The van der Waals surface area contributed by atoms with Crippen molar-refractivity contribution in [1.82, 2.24) is 20.6 Å². The summed E-state index contributed by atoms with van der Waals surface area (Å²) < 4.78 is 0. The lowest BCUT2D eigenvalue weighted by Gasteiger charge is -2.21. The molecule has 0 atom stereocenters. The molecule has 2 aromatic rings. The molecule has 1 aromatic heterocycles. The summed E-state index contributed by atoms with van der Waals surface area (Å²) in [5.74, 6) is 0.237. The second-order valence-corrected chi connectivity index (χ2v) is 5.20. The Bertz CT molecular complexity index is 667. The van der Waals surface area contributed by atoms with Crippen molar-refractivity contribution < 1.29 is 4.79 Å². The Labute approximate surface area is 116 Å². The van der Waals surface area contributed by atoms with E-state index in [1.807, 2.05) is 18.2 Å². The highest BCUT2D eigenvalue weighted by atomic mass is 16.2. The zero-order valence-corrected chi connectivity index (χ0v) is 11.2. The van der Waals surface area contributed by atoms with Crippen LogP contribution < -0.4 is 16.3 Å². The molecule has 106 valence electrons. The number of imidazole rings is 1. The summed E-state index contributed by atoms with van der Waals surface area (Å²) in [4.78, 5) is 28.6. The predicted molar refractivity (Wildman–Crippen MR) is 76.4 cm³/mol. The molecule has 1 saturated heterocycles. The van der Waals surface area contributed by atoms with Crippen LogP contribution in [0.15, 0.2) is 23.0 Å². The quantitative estimate of drug-likeness (QED) is 0.656. The summed E-state index contributed by atoms with van der Waals surface area (Å²) in [5, 5.41) is 6.22. The molecule has 0 unspecified atom stereocenters. The van der Waals surface area contributed by atoms with Crippen LogP contribution in [0.5, 0.6) is 0 Å². The van der Waals surface area contributed by atoms with E-state index >= 15 is 0 Å². The molecular formula is C14H18N4O2. The van der Waals surface area contributed by atoms with Crippen molar-refractivity contribution in [2.24, 2.45) is 5.92 Å². The van der Waals surface area contributed by atoms with Gasteiger partial charge in [-0.25, -0.2) is 4.79 Å². The third-order valence-corrected chi connectivity index (χ3v) is 3.76. The van der Waals surface area contributed by atoms with Crippen LogP contribution in [0.25, 0.3) is 11.0 Å². The van der Waals surface area contributed by atoms with Crippen molar-refractivity contribution >= 4 is 16.9 Å². The van der Waals surface area contributed by atoms with Gasteiger partial charge in [0.2, 0.25) is 5.91 Å². The van der Waals surface area contributed by atoms with Crippen LogP contribution in [0.3, 0.4) is 0 Å². The van der Waals surface area contributed by atoms with Gasteiger partial charge in [0.15, 0.2) is 0 Å². The van der Waals surface area contributed by atoms with E-state index in [9.17, 15) is 9.59 Å². The van der Waals surface area contributed by atoms with Gasteiger partial charge in [-0.1, -0.05) is 6.07 Å². The molecule has 1 fully saturated rings. The molecule has 1 aliphatic heterocycles. The highest BCUT2D eigenvalue weighted by molar-refractivity contribution is 5.79. The van der Waals surface area contributed by atoms with Crippen LogP contribution in [0.1, 0.15) is 18.4 Å². The first-order chi connectivity index (χ1) is 9.72. The van der Waals surface area contributed by atoms with Gasteiger partial charge in [0, 0.05) is 12.5 Å². The monoisotopic (exact) mass is 274 g/mol. The molecule has 3 rings (SSSR count). The molecule has 0 aliphatic carbocycles. The number of rotatable bonds is 3. The highest BCUT2D eigenvalue weighted by Crippen LogP contribution is 2.13. The molecule has 0 saturated carbocycles. The smallest absolute Gasteiger partial charge is 0.323 e. The number of carbonyl (C=O) groups excluding carboxylic acids is 1. The zero-order valence-electron chi connectivity index (χ0n) is 11.2. The number of amides is 1. The molecule has 6 heteroatoms. The van der Waals surface area contributed by atoms with Gasteiger partial charge in [0.05, 0.1) is 11.0 Å². The van der Waals surface area contributed by atoms with E-state index in [4.69, 9.17) is 0 Å². The van der Waals surface area contributed by atoms with E-state index in [-0.39, 0.29) is 17.5 Å². The minimum atomic E-state index is -0.212. The van der Waals surface area contributed by atoms with Crippen molar-refractivity contribution in [1.29, 1.82) is 0 Å². The molecule has 1 aromatic carbocycles. The molecular weight excluding hydrogens is 256 g/mol. The Hall–Kier alpha value is -2.08.